The van der Waals surface area contributed by atoms with Crippen LogP contribution in [0.2, 0.25) is 10.0 Å². The van der Waals surface area contributed by atoms with E-state index >= 15 is 0 Å². The molecule has 0 bridgehead atoms. The SMILES string of the molecule is CCSc1c(C)c(-c2ccc(Cl)cc2Cl)nn1C. The summed E-state index contributed by atoms with van der Waals surface area (Å²) in [6.45, 7) is 4.21. The third kappa shape index (κ3) is 2.53. The highest BCUT2D eigenvalue weighted by molar-refractivity contribution is 7.99. The lowest BCUT2D eigenvalue weighted by Crippen LogP contribution is -1.92. The van der Waals surface area contributed by atoms with Crippen molar-refractivity contribution in [1.29, 1.82) is 0 Å². The van der Waals surface area contributed by atoms with Crippen molar-refractivity contribution < 1.29 is 0 Å². The molecule has 2 aromatic rings. The molecule has 0 aliphatic carbocycles. The second-order valence-electron chi connectivity index (χ2n) is 3.96. The van der Waals surface area contributed by atoms with Gasteiger partial charge in [0.2, 0.25) is 0 Å². The molecule has 0 radical (unpaired) electrons. The molecular formula is C13H14Cl2N2S. The van der Waals surface area contributed by atoms with Crippen LogP contribution in [-0.2, 0) is 7.05 Å². The second-order valence-corrected chi connectivity index (χ2v) is 6.06. The Morgan fingerprint density at radius 2 is 2.06 bits per heavy atom. The third-order valence-electron chi connectivity index (χ3n) is 2.69. The maximum absolute atomic E-state index is 6.23. The molecule has 0 aliphatic rings. The molecule has 1 aromatic heterocycles. The standard InChI is InChI=1S/C13H14Cl2N2S/c1-4-18-13-8(2)12(16-17(13)3)10-6-5-9(14)7-11(10)15/h5-7H,4H2,1-3H3. The Balaban J connectivity index is 2.54. The van der Waals surface area contributed by atoms with E-state index in [1.165, 1.54) is 5.03 Å². The van der Waals surface area contributed by atoms with Crippen molar-refractivity contribution in [3.8, 4) is 11.3 Å². The highest BCUT2D eigenvalue weighted by Crippen LogP contribution is 2.35. The van der Waals surface area contributed by atoms with Crippen LogP contribution in [0.4, 0.5) is 0 Å². The fraction of sp³-hybridized carbons (Fsp3) is 0.308. The molecule has 18 heavy (non-hydrogen) atoms. The van der Waals surface area contributed by atoms with Gasteiger partial charge in [0.25, 0.3) is 0 Å². The van der Waals surface area contributed by atoms with E-state index < -0.39 is 0 Å². The summed E-state index contributed by atoms with van der Waals surface area (Å²) in [5.41, 5.74) is 3.01. The minimum Gasteiger partial charge on any atom is -0.261 e. The van der Waals surface area contributed by atoms with Gasteiger partial charge in [-0.25, -0.2) is 0 Å². The van der Waals surface area contributed by atoms with Gasteiger partial charge < -0.3 is 0 Å². The van der Waals surface area contributed by atoms with Gasteiger partial charge in [0.05, 0.1) is 15.7 Å². The zero-order valence-corrected chi connectivity index (χ0v) is 12.8. The smallest absolute Gasteiger partial charge is 0.0979 e. The van der Waals surface area contributed by atoms with Crippen molar-refractivity contribution in [1.82, 2.24) is 9.78 Å². The van der Waals surface area contributed by atoms with Crippen LogP contribution in [0.15, 0.2) is 23.2 Å². The van der Waals surface area contributed by atoms with E-state index in [1.54, 1.807) is 17.8 Å². The molecule has 5 heteroatoms. The second kappa shape index (κ2) is 5.55. The van der Waals surface area contributed by atoms with E-state index in [9.17, 15) is 0 Å². The molecular weight excluding hydrogens is 287 g/mol. The van der Waals surface area contributed by atoms with E-state index in [2.05, 4.69) is 18.9 Å². The highest BCUT2D eigenvalue weighted by atomic mass is 35.5. The lowest BCUT2D eigenvalue weighted by Gasteiger charge is -2.03. The van der Waals surface area contributed by atoms with E-state index in [1.807, 2.05) is 23.9 Å². The molecule has 0 N–H and O–H groups in total. The minimum absolute atomic E-state index is 0.636. The Bertz CT molecular complexity index is 579. The van der Waals surface area contributed by atoms with Crippen LogP contribution in [-0.4, -0.2) is 15.5 Å². The lowest BCUT2D eigenvalue weighted by molar-refractivity contribution is 0.698. The first-order valence-electron chi connectivity index (χ1n) is 5.66. The van der Waals surface area contributed by atoms with Crippen molar-refractivity contribution in [2.24, 2.45) is 7.05 Å². The van der Waals surface area contributed by atoms with Crippen LogP contribution in [0.1, 0.15) is 12.5 Å². The lowest BCUT2D eigenvalue weighted by atomic mass is 10.1. The van der Waals surface area contributed by atoms with Crippen LogP contribution >= 0.6 is 35.0 Å². The molecule has 2 nitrogen and oxygen atoms in total. The zero-order chi connectivity index (χ0) is 13.3. The minimum atomic E-state index is 0.636. The molecule has 2 rings (SSSR count). The monoisotopic (exact) mass is 300 g/mol. The molecule has 96 valence electrons. The number of nitrogens with zero attached hydrogens (tertiary/aromatic N) is 2. The average Bonchev–Trinajstić information content (AvgIpc) is 2.58. The van der Waals surface area contributed by atoms with Gasteiger partial charge in [-0.05, 0) is 30.9 Å². The molecule has 0 atom stereocenters. The van der Waals surface area contributed by atoms with Gasteiger partial charge in [-0.15, -0.1) is 11.8 Å². The Morgan fingerprint density at radius 1 is 1.33 bits per heavy atom. The van der Waals surface area contributed by atoms with Gasteiger partial charge in [-0.1, -0.05) is 30.1 Å². The van der Waals surface area contributed by atoms with Gasteiger partial charge in [0.15, 0.2) is 0 Å². The van der Waals surface area contributed by atoms with Crippen LogP contribution < -0.4 is 0 Å². The zero-order valence-electron chi connectivity index (χ0n) is 10.5. The van der Waals surface area contributed by atoms with Crippen molar-refractivity contribution >= 4 is 35.0 Å². The molecule has 1 aromatic carbocycles. The van der Waals surface area contributed by atoms with Gasteiger partial charge in [-0.2, -0.15) is 5.10 Å². The quantitative estimate of drug-likeness (QED) is 0.757. The molecule has 0 saturated carbocycles. The number of hydrogen-bond acceptors (Lipinski definition) is 2. The molecule has 0 spiro atoms. The van der Waals surface area contributed by atoms with E-state index in [0.717, 1.165) is 22.6 Å². The summed E-state index contributed by atoms with van der Waals surface area (Å²) in [7, 11) is 1.96. The number of aryl methyl sites for hydroxylation is 1. The topological polar surface area (TPSA) is 17.8 Å². The summed E-state index contributed by atoms with van der Waals surface area (Å²) in [6, 6.07) is 5.50. The van der Waals surface area contributed by atoms with Crippen LogP contribution in [0.25, 0.3) is 11.3 Å². The molecule has 1 heterocycles. The van der Waals surface area contributed by atoms with Crippen molar-refractivity contribution in [2.45, 2.75) is 18.9 Å². The number of rotatable bonds is 3. The first-order valence-corrected chi connectivity index (χ1v) is 7.40. The van der Waals surface area contributed by atoms with Crippen molar-refractivity contribution in [2.75, 3.05) is 5.75 Å². The summed E-state index contributed by atoms with van der Waals surface area (Å²) in [5, 5.41) is 7.01. The predicted octanol–water partition coefficient (Wildman–Crippen LogP) is 4.81. The van der Waals surface area contributed by atoms with E-state index in [0.29, 0.717) is 10.0 Å². The van der Waals surface area contributed by atoms with Gasteiger partial charge in [-0.3, -0.25) is 4.68 Å². The molecule has 0 aliphatic heterocycles. The Morgan fingerprint density at radius 3 is 2.67 bits per heavy atom. The summed E-state index contributed by atoms with van der Waals surface area (Å²) >= 11 is 13.9. The fourth-order valence-corrected chi connectivity index (χ4v) is 3.20. The number of halogens is 2. The average molecular weight is 301 g/mol. The summed E-state index contributed by atoms with van der Waals surface area (Å²) in [5.74, 6) is 1.02. The highest BCUT2D eigenvalue weighted by Gasteiger charge is 2.16. The first-order chi connectivity index (χ1) is 8.54. The van der Waals surface area contributed by atoms with Crippen LogP contribution in [0, 0.1) is 6.92 Å². The number of hydrogen-bond donors (Lipinski definition) is 0. The molecule has 0 amide bonds. The summed E-state index contributed by atoms with van der Waals surface area (Å²) in [4.78, 5) is 0. The third-order valence-corrected chi connectivity index (χ3v) is 4.37. The van der Waals surface area contributed by atoms with E-state index in [4.69, 9.17) is 23.2 Å². The summed E-state index contributed by atoms with van der Waals surface area (Å²) in [6.07, 6.45) is 0. The van der Waals surface area contributed by atoms with Crippen LogP contribution in [0.5, 0.6) is 0 Å². The van der Waals surface area contributed by atoms with Gasteiger partial charge in [0, 0.05) is 23.2 Å². The van der Waals surface area contributed by atoms with Crippen LogP contribution in [0.3, 0.4) is 0 Å². The van der Waals surface area contributed by atoms with Gasteiger partial charge in [0.1, 0.15) is 0 Å². The number of thioether (sulfide) groups is 1. The maximum Gasteiger partial charge on any atom is 0.0979 e. The maximum atomic E-state index is 6.23. The number of aromatic nitrogens is 2. The summed E-state index contributed by atoms with van der Waals surface area (Å²) < 4.78 is 1.91. The molecule has 0 unspecified atom stereocenters. The Labute approximate surface area is 121 Å². The Kier molecular flexibility index (Phi) is 4.25. The van der Waals surface area contributed by atoms with Gasteiger partial charge >= 0.3 is 0 Å². The fourth-order valence-electron chi connectivity index (χ4n) is 1.89. The number of benzene rings is 1. The normalized spacial score (nSPS) is 10.9. The molecule has 0 saturated heterocycles. The van der Waals surface area contributed by atoms with Crippen molar-refractivity contribution in [3.05, 3.63) is 33.8 Å². The van der Waals surface area contributed by atoms with Crippen molar-refractivity contribution in [3.63, 3.8) is 0 Å². The first kappa shape index (κ1) is 13.8. The predicted molar refractivity (Wildman–Crippen MR) is 79.8 cm³/mol. The largest absolute Gasteiger partial charge is 0.261 e. The Hall–Kier alpha value is -0.640. The molecule has 0 fully saturated rings. The van der Waals surface area contributed by atoms with E-state index in [-0.39, 0.29) is 0 Å².